The molecule has 0 radical (unpaired) electrons. The molecule has 0 atom stereocenters. The van der Waals surface area contributed by atoms with Gasteiger partial charge in [0, 0.05) is 43.5 Å². The first-order chi connectivity index (χ1) is 14.4. The van der Waals surface area contributed by atoms with Crippen LogP contribution in [0.1, 0.15) is 26.4 Å². The van der Waals surface area contributed by atoms with Gasteiger partial charge in [-0.25, -0.2) is 13.2 Å². The highest BCUT2D eigenvalue weighted by molar-refractivity contribution is 5.99. The average Bonchev–Trinajstić information content (AvgIpc) is 2.64. The Hall–Kier alpha value is -3.51. The summed E-state index contributed by atoms with van der Waals surface area (Å²) in [5.74, 6) is -7.39. The van der Waals surface area contributed by atoms with E-state index in [0.29, 0.717) is 17.0 Å². The van der Waals surface area contributed by atoms with Crippen molar-refractivity contribution in [2.75, 3.05) is 13.1 Å². The highest BCUT2D eigenvalue weighted by Crippen LogP contribution is 2.24. The number of aromatic nitrogens is 1. The van der Waals surface area contributed by atoms with Crippen LogP contribution in [0.25, 0.3) is 0 Å². The summed E-state index contributed by atoms with van der Waals surface area (Å²) < 4.78 is 79.0. The van der Waals surface area contributed by atoms with Crippen molar-refractivity contribution in [2.45, 2.75) is 19.3 Å². The number of fused-ring (bicyclic) bond motifs is 1. The topological polar surface area (TPSA) is 91.6 Å². The Balaban J connectivity index is 1.86. The zero-order chi connectivity index (χ0) is 23.1. The number of halogens is 6. The second-order valence-electron chi connectivity index (χ2n) is 6.64. The number of nitrogens with zero attached hydrogens (tertiary/aromatic N) is 2. The largest absolute Gasteiger partial charge is 0.503 e. The molecule has 0 aliphatic carbocycles. The van der Waals surface area contributed by atoms with Crippen LogP contribution in [-0.2, 0) is 13.1 Å². The number of pyridine rings is 1. The van der Waals surface area contributed by atoms with Crippen molar-refractivity contribution < 1.29 is 41.0 Å². The monoisotopic (exact) mass is 449 g/mol. The van der Waals surface area contributed by atoms with Gasteiger partial charge in [-0.1, -0.05) is 0 Å². The van der Waals surface area contributed by atoms with E-state index in [4.69, 9.17) is 0 Å². The first kappa shape index (κ1) is 22.2. The first-order valence-electron chi connectivity index (χ1n) is 8.63. The summed E-state index contributed by atoms with van der Waals surface area (Å²) in [7, 11) is 0. The summed E-state index contributed by atoms with van der Waals surface area (Å²) in [6.07, 6.45) is -3.84. The van der Waals surface area contributed by atoms with Crippen LogP contribution in [-0.4, -0.2) is 45.7 Å². The average molecular weight is 449 g/mol. The molecule has 2 aromatic rings. The van der Waals surface area contributed by atoms with Crippen molar-refractivity contribution in [1.29, 1.82) is 0 Å². The van der Waals surface area contributed by atoms with Gasteiger partial charge >= 0.3 is 6.18 Å². The highest BCUT2D eigenvalue weighted by Gasteiger charge is 2.37. The van der Waals surface area contributed by atoms with Crippen molar-refractivity contribution >= 4 is 11.8 Å². The molecule has 166 valence electrons. The Kier molecular flexibility index (Phi) is 5.70. The fourth-order valence-electron chi connectivity index (χ4n) is 3.06. The van der Waals surface area contributed by atoms with E-state index >= 15 is 0 Å². The molecule has 2 amide bonds. The second-order valence-corrected chi connectivity index (χ2v) is 6.64. The van der Waals surface area contributed by atoms with Crippen molar-refractivity contribution in [2.24, 2.45) is 0 Å². The van der Waals surface area contributed by atoms with Gasteiger partial charge in [0.05, 0.1) is 0 Å². The van der Waals surface area contributed by atoms with Gasteiger partial charge in [0.1, 0.15) is 29.6 Å². The number of nitrogens with one attached hydrogen (secondary N) is 1. The quantitative estimate of drug-likeness (QED) is 0.698. The van der Waals surface area contributed by atoms with Gasteiger partial charge in [0.15, 0.2) is 11.4 Å². The summed E-state index contributed by atoms with van der Waals surface area (Å²) in [5, 5.41) is 12.1. The number of hydrogen-bond donors (Lipinski definition) is 2. The molecule has 1 aromatic heterocycles. The van der Waals surface area contributed by atoms with Gasteiger partial charge in [-0.2, -0.15) is 13.2 Å². The number of carbonyl (C=O) groups excluding carboxylic acids is 2. The van der Waals surface area contributed by atoms with Crippen LogP contribution < -0.4 is 10.7 Å². The van der Waals surface area contributed by atoms with Gasteiger partial charge in [0.2, 0.25) is 5.43 Å². The van der Waals surface area contributed by atoms with Crippen LogP contribution in [0.3, 0.4) is 0 Å². The molecular formula is C18H13F6N3O4. The molecule has 0 fully saturated rings. The van der Waals surface area contributed by atoms with Crippen LogP contribution in [0.4, 0.5) is 26.3 Å². The van der Waals surface area contributed by atoms with Crippen molar-refractivity contribution in [3.8, 4) is 5.75 Å². The Labute approximate surface area is 169 Å². The predicted octanol–water partition coefficient (Wildman–Crippen LogP) is 1.92. The third-order valence-corrected chi connectivity index (χ3v) is 4.50. The summed E-state index contributed by atoms with van der Waals surface area (Å²) in [6, 6.07) is 0.783. The first-order valence-corrected chi connectivity index (χ1v) is 8.63. The lowest BCUT2D eigenvalue weighted by molar-refractivity contribution is -0.141. The minimum atomic E-state index is -4.70. The second kappa shape index (κ2) is 7.96. The molecule has 0 unspecified atom stereocenters. The maximum Gasteiger partial charge on any atom is 0.406 e. The summed E-state index contributed by atoms with van der Waals surface area (Å²) in [6.45, 7) is -3.01. The molecule has 7 nitrogen and oxygen atoms in total. The molecule has 2 heterocycles. The number of alkyl halides is 3. The third kappa shape index (κ3) is 4.49. The number of amides is 2. The normalized spacial score (nSPS) is 13.9. The van der Waals surface area contributed by atoms with E-state index in [9.17, 15) is 45.8 Å². The minimum Gasteiger partial charge on any atom is -0.503 e. The fourth-order valence-corrected chi connectivity index (χ4v) is 3.06. The van der Waals surface area contributed by atoms with Crippen LogP contribution >= 0.6 is 0 Å². The maximum absolute atomic E-state index is 13.7. The number of aromatic hydroxyl groups is 1. The van der Waals surface area contributed by atoms with Gasteiger partial charge in [-0.3, -0.25) is 14.4 Å². The van der Waals surface area contributed by atoms with E-state index in [1.165, 1.54) is 0 Å². The fraction of sp³-hybridized carbons (Fsp3) is 0.278. The van der Waals surface area contributed by atoms with E-state index in [1.807, 2.05) is 5.32 Å². The van der Waals surface area contributed by atoms with Gasteiger partial charge in [0.25, 0.3) is 11.8 Å². The Morgan fingerprint density at radius 1 is 1.10 bits per heavy atom. The molecule has 0 bridgehead atoms. The van der Waals surface area contributed by atoms with Crippen LogP contribution in [0.2, 0.25) is 0 Å². The van der Waals surface area contributed by atoms with E-state index in [0.717, 1.165) is 10.8 Å². The van der Waals surface area contributed by atoms with Gasteiger partial charge in [-0.15, -0.1) is 0 Å². The summed E-state index contributed by atoms with van der Waals surface area (Å²) >= 11 is 0. The molecule has 31 heavy (non-hydrogen) atoms. The molecule has 0 saturated carbocycles. The Morgan fingerprint density at radius 2 is 1.71 bits per heavy atom. The Bertz CT molecular complexity index is 1110. The molecule has 3 rings (SSSR count). The number of benzene rings is 1. The van der Waals surface area contributed by atoms with Crippen LogP contribution in [0.15, 0.2) is 23.1 Å². The van der Waals surface area contributed by atoms with E-state index < -0.39 is 83.1 Å². The molecule has 1 aliphatic rings. The van der Waals surface area contributed by atoms with Crippen molar-refractivity contribution in [3.63, 3.8) is 0 Å². The van der Waals surface area contributed by atoms with E-state index in [2.05, 4.69) is 0 Å². The smallest absolute Gasteiger partial charge is 0.406 e. The molecule has 13 heteroatoms. The minimum absolute atomic E-state index is 0.257. The van der Waals surface area contributed by atoms with E-state index in [1.54, 1.807) is 0 Å². The molecule has 1 aliphatic heterocycles. The zero-order valence-corrected chi connectivity index (χ0v) is 15.4. The lowest BCUT2D eigenvalue weighted by Gasteiger charge is -2.30. The zero-order valence-electron chi connectivity index (χ0n) is 15.4. The molecule has 0 saturated heterocycles. The highest BCUT2D eigenvalue weighted by atomic mass is 19.4. The predicted molar refractivity (Wildman–Crippen MR) is 91.8 cm³/mol. The summed E-state index contributed by atoms with van der Waals surface area (Å²) in [4.78, 5) is 37.2. The van der Waals surface area contributed by atoms with Crippen molar-refractivity contribution in [3.05, 3.63) is 62.8 Å². The standard InChI is InChI=1S/C18H13F6N3O4/c19-8-3-11(20)9(12(21)4-8)5-25-16(30)10-6-26-1-2-27(7-18(22,23)24)17(31)13(26)15(29)14(10)28/h3-4,6,29H,1-2,5,7H2,(H,25,30). The molecule has 1 aromatic carbocycles. The van der Waals surface area contributed by atoms with Crippen molar-refractivity contribution in [1.82, 2.24) is 14.8 Å². The Morgan fingerprint density at radius 3 is 2.29 bits per heavy atom. The van der Waals surface area contributed by atoms with Gasteiger partial charge in [-0.05, 0) is 0 Å². The van der Waals surface area contributed by atoms with Crippen LogP contribution in [0.5, 0.6) is 5.75 Å². The van der Waals surface area contributed by atoms with Crippen LogP contribution in [0, 0.1) is 17.5 Å². The maximum atomic E-state index is 13.7. The third-order valence-electron chi connectivity index (χ3n) is 4.50. The van der Waals surface area contributed by atoms with Gasteiger partial charge < -0.3 is 19.9 Å². The SMILES string of the molecule is O=C(NCc1c(F)cc(F)cc1F)c1cn2c(c(O)c1=O)C(=O)N(CC(F)(F)F)CC2. The molecule has 0 spiro atoms. The lowest BCUT2D eigenvalue weighted by atomic mass is 10.1. The number of hydrogen-bond acceptors (Lipinski definition) is 4. The summed E-state index contributed by atoms with van der Waals surface area (Å²) in [5.41, 5.74) is -3.46. The van der Waals surface area contributed by atoms with E-state index in [-0.39, 0.29) is 6.54 Å². The number of rotatable bonds is 4. The molecular weight excluding hydrogens is 436 g/mol. The molecule has 2 N–H and O–H groups in total. The number of carbonyl (C=O) groups is 2. The lowest BCUT2D eigenvalue weighted by Crippen LogP contribution is -2.46.